The number of carbonyl (C=O) groups is 1. The first-order valence-corrected chi connectivity index (χ1v) is 8.86. The predicted molar refractivity (Wildman–Crippen MR) is 118 cm³/mol. The Hall–Kier alpha value is -1.32. The highest BCUT2D eigenvalue weighted by molar-refractivity contribution is 14.0. The van der Waals surface area contributed by atoms with Crippen molar-refractivity contribution in [2.75, 3.05) is 20.1 Å². The molecular weight excluding hydrogens is 443 g/mol. The zero-order valence-electron chi connectivity index (χ0n) is 17.4. The van der Waals surface area contributed by atoms with Gasteiger partial charge in [0.2, 0.25) is 5.91 Å². The van der Waals surface area contributed by atoms with Gasteiger partial charge in [-0.25, -0.2) is 4.99 Å². The molecule has 0 saturated heterocycles. The Kier molecular flexibility index (Phi) is 10.2. The van der Waals surface area contributed by atoms with Gasteiger partial charge in [0.15, 0.2) is 5.96 Å². The Bertz CT molecular complexity index is 603. The van der Waals surface area contributed by atoms with Gasteiger partial charge < -0.3 is 15.5 Å². The summed E-state index contributed by atoms with van der Waals surface area (Å²) in [5, 5.41) is 10.7. The summed E-state index contributed by atoms with van der Waals surface area (Å²) in [6.45, 7) is 13.7. The van der Waals surface area contributed by atoms with Crippen molar-refractivity contribution in [3.8, 4) is 0 Å². The quantitative estimate of drug-likeness (QED) is 0.374. The first-order valence-electron chi connectivity index (χ1n) is 8.86. The number of halogens is 1. The predicted octanol–water partition coefficient (Wildman–Crippen LogP) is 2.47. The molecule has 0 fully saturated rings. The lowest BCUT2D eigenvalue weighted by Gasteiger charge is -2.23. The van der Waals surface area contributed by atoms with Crippen molar-refractivity contribution in [1.29, 1.82) is 0 Å². The summed E-state index contributed by atoms with van der Waals surface area (Å²) in [4.78, 5) is 18.5. The third-order valence-corrected chi connectivity index (χ3v) is 3.47. The fourth-order valence-electron chi connectivity index (χ4n) is 2.57. The van der Waals surface area contributed by atoms with E-state index in [1.165, 1.54) is 5.56 Å². The van der Waals surface area contributed by atoms with Crippen LogP contribution >= 0.6 is 24.0 Å². The van der Waals surface area contributed by atoms with Gasteiger partial charge in [-0.2, -0.15) is 5.10 Å². The molecule has 0 radical (unpaired) electrons. The van der Waals surface area contributed by atoms with E-state index < -0.39 is 0 Å². The van der Waals surface area contributed by atoms with Crippen molar-refractivity contribution in [2.45, 2.75) is 59.5 Å². The van der Waals surface area contributed by atoms with Gasteiger partial charge in [0, 0.05) is 44.5 Å². The highest BCUT2D eigenvalue weighted by atomic mass is 127. The summed E-state index contributed by atoms with van der Waals surface area (Å²) in [5.74, 6) is 0.993. The monoisotopic (exact) mass is 478 g/mol. The number of hydrogen-bond donors (Lipinski definition) is 2. The Morgan fingerprint density at radius 2 is 2.00 bits per heavy atom. The number of nitrogens with one attached hydrogen (secondary N) is 2. The van der Waals surface area contributed by atoms with Crippen LogP contribution < -0.4 is 10.6 Å². The van der Waals surface area contributed by atoms with Crippen LogP contribution in [0.3, 0.4) is 0 Å². The van der Waals surface area contributed by atoms with Crippen LogP contribution in [0, 0.1) is 0 Å². The summed E-state index contributed by atoms with van der Waals surface area (Å²) in [6.07, 6.45) is 2.04. The number of carbonyl (C=O) groups excluding carboxylic acids is 1. The SMILES string of the molecule is CCNC(=NCC(=O)NC(C)(C)C)N(C)Cc1cn(C)nc1C(C)C.I. The number of amides is 1. The van der Waals surface area contributed by atoms with E-state index in [-0.39, 0.29) is 42.0 Å². The number of guanidine groups is 1. The topological polar surface area (TPSA) is 74.6 Å². The maximum atomic E-state index is 12.0. The first kappa shape index (κ1) is 24.7. The zero-order chi connectivity index (χ0) is 19.2. The minimum atomic E-state index is -0.251. The lowest BCUT2D eigenvalue weighted by atomic mass is 10.1. The largest absolute Gasteiger partial charge is 0.357 e. The van der Waals surface area contributed by atoms with Crippen molar-refractivity contribution >= 4 is 35.8 Å². The summed E-state index contributed by atoms with van der Waals surface area (Å²) >= 11 is 0. The molecule has 1 rings (SSSR count). The molecule has 0 saturated carbocycles. The average Bonchev–Trinajstić information content (AvgIpc) is 2.82. The van der Waals surface area contributed by atoms with Gasteiger partial charge in [0.05, 0.1) is 5.69 Å². The molecule has 0 bridgehead atoms. The smallest absolute Gasteiger partial charge is 0.242 e. The molecule has 7 nitrogen and oxygen atoms in total. The Balaban J connectivity index is 0.00000625. The lowest BCUT2D eigenvalue weighted by Crippen LogP contribution is -2.43. The minimum Gasteiger partial charge on any atom is -0.357 e. The van der Waals surface area contributed by atoms with Crippen molar-refractivity contribution in [2.24, 2.45) is 12.0 Å². The van der Waals surface area contributed by atoms with Crippen LogP contribution in [0.2, 0.25) is 0 Å². The fraction of sp³-hybridized carbons (Fsp3) is 0.722. The van der Waals surface area contributed by atoms with E-state index in [2.05, 4.69) is 34.6 Å². The van der Waals surface area contributed by atoms with Gasteiger partial charge in [-0.3, -0.25) is 9.48 Å². The van der Waals surface area contributed by atoms with E-state index >= 15 is 0 Å². The van der Waals surface area contributed by atoms with Crippen molar-refractivity contribution in [1.82, 2.24) is 25.3 Å². The van der Waals surface area contributed by atoms with Crippen LogP contribution in [-0.2, 0) is 18.4 Å². The number of hydrogen-bond acceptors (Lipinski definition) is 3. The van der Waals surface area contributed by atoms with Gasteiger partial charge in [0.1, 0.15) is 6.54 Å². The van der Waals surface area contributed by atoms with Gasteiger partial charge in [-0.05, 0) is 33.6 Å². The number of rotatable bonds is 6. The number of aliphatic imine (C=N–C) groups is 1. The molecule has 0 aliphatic carbocycles. The van der Waals surface area contributed by atoms with E-state index in [0.717, 1.165) is 12.2 Å². The molecule has 0 aromatic carbocycles. The van der Waals surface area contributed by atoms with Crippen LogP contribution in [0.5, 0.6) is 0 Å². The second kappa shape index (κ2) is 10.7. The standard InChI is InChI=1S/C18H34N6O.HI/c1-9-19-17(20-10-15(25)21-18(4,5)6)23(7)11-14-12-24(8)22-16(14)13(2)3;/h12-13H,9-11H2,1-8H3,(H,19,20)(H,21,25);1H. The van der Waals surface area contributed by atoms with Gasteiger partial charge >= 0.3 is 0 Å². The van der Waals surface area contributed by atoms with E-state index in [0.29, 0.717) is 18.4 Å². The molecule has 0 aliphatic rings. The second-order valence-corrected chi connectivity index (χ2v) is 7.69. The van der Waals surface area contributed by atoms with Crippen LogP contribution in [0.25, 0.3) is 0 Å². The Morgan fingerprint density at radius 1 is 1.38 bits per heavy atom. The van der Waals surface area contributed by atoms with Gasteiger partial charge in [-0.1, -0.05) is 13.8 Å². The van der Waals surface area contributed by atoms with Gasteiger partial charge in [0.25, 0.3) is 0 Å². The molecule has 0 aliphatic heterocycles. The maximum Gasteiger partial charge on any atom is 0.242 e. The summed E-state index contributed by atoms with van der Waals surface area (Å²) in [5.41, 5.74) is 2.01. The van der Waals surface area contributed by atoms with Crippen LogP contribution in [0.15, 0.2) is 11.2 Å². The van der Waals surface area contributed by atoms with Crippen LogP contribution in [0.4, 0.5) is 0 Å². The molecule has 26 heavy (non-hydrogen) atoms. The molecular formula is C18H35IN6O. The molecule has 1 aromatic rings. The normalized spacial score (nSPS) is 12.0. The second-order valence-electron chi connectivity index (χ2n) is 7.69. The summed E-state index contributed by atoms with van der Waals surface area (Å²) in [6, 6.07) is 0. The lowest BCUT2D eigenvalue weighted by molar-refractivity contribution is -0.121. The van der Waals surface area contributed by atoms with Crippen molar-refractivity contribution in [3.63, 3.8) is 0 Å². The van der Waals surface area contributed by atoms with E-state index in [1.807, 2.05) is 57.6 Å². The molecule has 1 aromatic heterocycles. The third kappa shape index (κ3) is 8.37. The average molecular weight is 478 g/mol. The van der Waals surface area contributed by atoms with E-state index in [1.54, 1.807) is 0 Å². The zero-order valence-corrected chi connectivity index (χ0v) is 19.7. The molecule has 1 heterocycles. The molecule has 2 N–H and O–H groups in total. The molecule has 1 amide bonds. The third-order valence-electron chi connectivity index (χ3n) is 3.47. The molecule has 8 heteroatoms. The van der Waals surface area contributed by atoms with E-state index in [9.17, 15) is 4.79 Å². The number of aromatic nitrogens is 2. The molecule has 0 spiro atoms. The van der Waals surface area contributed by atoms with Crippen molar-refractivity contribution < 1.29 is 4.79 Å². The van der Waals surface area contributed by atoms with Crippen LogP contribution in [-0.4, -0.2) is 52.2 Å². The molecule has 0 atom stereocenters. The molecule has 0 unspecified atom stereocenters. The Morgan fingerprint density at radius 3 is 2.50 bits per heavy atom. The van der Waals surface area contributed by atoms with Gasteiger partial charge in [-0.15, -0.1) is 24.0 Å². The van der Waals surface area contributed by atoms with E-state index in [4.69, 9.17) is 0 Å². The van der Waals surface area contributed by atoms with Crippen LogP contribution in [0.1, 0.15) is 58.7 Å². The first-order chi connectivity index (χ1) is 11.5. The fourth-order valence-corrected chi connectivity index (χ4v) is 2.57. The summed E-state index contributed by atoms with van der Waals surface area (Å²) < 4.78 is 1.85. The maximum absolute atomic E-state index is 12.0. The number of nitrogens with zero attached hydrogens (tertiary/aromatic N) is 4. The Labute approximate surface area is 175 Å². The minimum absolute atomic E-state index is 0. The highest BCUT2D eigenvalue weighted by Crippen LogP contribution is 2.18. The summed E-state index contributed by atoms with van der Waals surface area (Å²) in [7, 11) is 3.91. The van der Waals surface area contributed by atoms with Crippen molar-refractivity contribution in [3.05, 3.63) is 17.5 Å². The number of aryl methyl sites for hydroxylation is 1. The molecule has 150 valence electrons. The highest BCUT2D eigenvalue weighted by Gasteiger charge is 2.16.